The average molecular weight is 425 g/mol. The Morgan fingerprint density at radius 1 is 1.13 bits per heavy atom. The summed E-state index contributed by atoms with van der Waals surface area (Å²) in [6.07, 6.45) is 4.20. The van der Waals surface area contributed by atoms with Crippen LogP contribution in [0.25, 0.3) is 0 Å². The van der Waals surface area contributed by atoms with Crippen molar-refractivity contribution in [2.45, 2.75) is 72.0 Å². The Bertz CT molecular complexity index is 833. The zero-order valence-corrected chi connectivity index (χ0v) is 20.0. The van der Waals surface area contributed by atoms with Gasteiger partial charge in [0.1, 0.15) is 0 Å². The van der Waals surface area contributed by atoms with Gasteiger partial charge in [0, 0.05) is 50.0 Å². The molecule has 2 heterocycles. The highest BCUT2D eigenvalue weighted by molar-refractivity contribution is 5.80. The van der Waals surface area contributed by atoms with Crippen molar-refractivity contribution < 1.29 is 0 Å². The van der Waals surface area contributed by atoms with Crippen molar-refractivity contribution in [3.8, 4) is 0 Å². The fraction of sp³-hybridized carbons (Fsp3) is 0.600. The topological polar surface area (TPSA) is 57.5 Å². The first-order valence-corrected chi connectivity index (χ1v) is 11.9. The van der Waals surface area contributed by atoms with Gasteiger partial charge in [-0.3, -0.25) is 9.58 Å². The van der Waals surface area contributed by atoms with Crippen molar-refractivity contribution in [2.75, 3.05) is 19.6 Å². The number of benzene rings is 1. The van der Waals surface area contributed by atoms with Crippen LogP contribution in [0.4, 0.5) is 0 Å². The highest BCUT2D eigenvalue weighted by Crippen LogP contribution is 2.24. The van der Waals surface area contributed by atoms with Gasteiger partial charge in [-0.2, -0.15) is 5.10 Å². The summed E-state index contributed by atoms with van der Waals surface area (Å²) in [7, 11) is 2.04. The molecular formula is C25H40N6. The van der Waals surface area contributed by atoms with E-state index >= 15 is 0 Å². The summed E-state index contributed by atoms with van der Waals surface area (Å²) in [5, 5.41) is 11.8. The summed E-state index contributed by atoms with van der Waals surface area (Å²) < 4.78 is 2.02. The van der Waals surface area contributed by atoms with Crippen LogP contribution in [-0.2, 0) is 26.4 Å². The summed E-state index contributed by atoms with van der Waals surface area (Å²) in [5.41, 5.74) is 5.15. The van der Waals surface area contributed by atoms with E-state index in [1.807, 2.05) is 11.7 Å². The third kappa shape index (κ3) is 5.88. The Hall–Kier alpha value is -2.34. The van der Waals surface area contributed by atoms with E-state index in [-0.39, 0.29) is 0 Å². The number of piperidine rings is 1. The van der Waals surface area contributed by atoms with Crippen molar-refractivity contribution in [3.05, 3.63) is 52.8 Å². The molecule has 1 aliphatic heterocycles. The molecule has 3 rings (SSSR count). The highest BCUT2D eigenvalue weighted by Gasteiger charge is 2.24. The summed E-state index contributed by atoms with van der Waals surface area (Å²) in [6, 6.07) is 11.8. The van der Waals surface area contributed by atoms with Crippen LogP contribution in [0.1, 0.15) is 69.1 Å². The van der Waals surface area contributed by atoms with E-state index in [1.54, 1.807) is 0 Å². The maximum absolute atomic E-state index is 4.94. The molecule has 1 aromatic heterocycles. The van der Waals surface area contributed by atoms with E-state index in [1.165, 1.54) is 22.5 Å². The Labute approximate surface area is 188 Å². The normalized spacial score (nSPS) is 17.0. The zero-order chi connectivity index (χ0) is 22.2. The van der Waals surface area contributed by atoms with Crippen LogP contribution in [0.5, 0.6) is 0 Å². The molecule has 2 N–H and O–H groups in total. The van der Waals surface area contributed by atoms with Crippen molar-refractivity contribution >= 4 is 5.96 Å². The maximum atomic E-state index is 4.94. The number of aryl methyl sites for hydroxylation is 2. The summed E-state index contributed by atoms with van der Waals surface area (Å²) in [6.45, 7) is 12.6. The number of aromatic nitrogens is 2. The van der Waals surface area contributed by atoms with Gasteiger partial charge < -0.3 is 10.6 Å². The first kappa shape index (κ1) is 23.3. The Balaban J connectivity index is 1.60. The van der Waals surface area contributed by atoms with Crippen molar-refractivity contribution in [2.24, 2.45) is 12.0 Å². The van der Waals surface area contributed by atoms with Crippen molar-refractivity contribution in [3.63, 3.8) is 0 Å². The van der Waals surface area contributed by atoms with Gasteiger partial charge in [0.2, 0.25) is 0 Å². The molecule has 0 saturated carbocycles. The molecule has 2 aromatic rings. The number of nitrogens with zero attached hydrogens (tertiary/aromatic N) is 4. The predicted octanol–water partition coefficient (Wildman–Crippen LogP) is 3.83. The molecule has 1 aromatic carbocycles. The number of rotatable bonds is 8. The Morgan fingerprint density at radius 3 is 2.45 bits per heavy atom. The van der Waals surface area contributed by atoms with E-state index in [9.17, 15) is 0 Å². The van der Waals surface area contributed by atoms with Gasteiger partial charge in [0.25, 0.3) is 0 Å². The molecule has 1 saturated heterocycles. The summed E-state index contributed by atoms with van der Waals surface area (Å²) >= 11 is 0. The molecule has 0 aliphatic carbocycles. The molecule has 0 amide bonds. The number of guanidine groups is 1. The molecule has 31 heavy (non-hydrogen) atoms. The van der Waals surface area contributed by atoms with Gasteiger partial charge in [0.15, 0.2) is 5.96 Å². The molecule has 6 heteroatoms. The van der Waals surface area contributed by atoms with Crippen LogP contribution in [-0.4, -0.2) is 46.3 Å². The molecule has 170 valence electrons. The van der Waals surface area contributed by atoms with E-state index in [2.05, 4.69) is 73.6 Å². The highest BCUT2D eigenvalue weighted by atomic mass is 15.3. The molecule has 6 nitrogen and oxygen atoms in total. The van der Waals surface area contributed by atoms with Crippen LogP contribution >= 0.6 is 0 Å². The standard InChI is InChI=1S/C25H40N6/c1-6-23-22(24(7-2)30(5)29-23)18-27-25(26-8-3)28-21-14-16-31(17-15-21)19(4)20-12-10-9-11-13-20/h9-13,19,21H,6-8,14-18H2,1-5H3,(H2,26,27,28). The lowest BCUT2D eigenvalue weighted by molar-refractivity contribution is 0.158. The lowest BCUT2D eigenvalue weighted by atomic mass is 10.0. The number of hydrogen-bond donors (Lipinski definition) is 2. The number of hydrogen-bond acceptors (Lipinski definition) is 3. The summed E-state index contributed by atoms with van der Waals surface area (Å²) in [5.74, 6) is 0.921. The second kappa shape index (κ2) is 11.3. The molecule has 1 unspecified atom stereocenters. The van der Waals surface area contributed by atoms with Crippen LogP contribution in [0, 0.1) is 0 Å². The predicted molar refractivity (Wildman–Crippen MR) is 129 cm³/mol. The van der Waals surface area contributed by atoms with Crippen LogP contribution in [0.15, 0.2) is 35.3 Å². The average Bonchev–Trinajstić information content (AvgIpc) is 3.12. The number of likely N-dealkylation sites (tertiary alicyclic amines) is 1. The van der Waals surface area contributed by atoms with Crippen LogP contribution < -0.4 is 10.6 Å². The largest absolute Gasteiger partial charge is 0.357 e. The quantitative estimate of drug-likeness (QED) is 0.500. The molecule has 0 spiro atoms. The summed E-state index contributed by atoms with van der Waals surface area (Å²) in [4.78, 5) is 7.53. The van der Waals surface area contributed by atoms with Crippen molar-refractivity contribution in [1.29, 1.82) is 0 Å². The van der Waals surface area contributed by atoms with Gasteiger partial charge in [-0.25, -0.2) is 4.99 Å². The fourth-order valence-electron chi connectivity index (χ4n) is 4.62. The van der Waals surface area contributed by atoms with E-state index in [0.29, 0.717) is 18.6 Å². The molecule has 0 radical (unpaired) electrons. The third-order valence-corrected chi connectivity index (χ3v) is 6.47. The number of aliphatic imine (C=N–C) groups is 1. The molecule has 1 aliphatic rings. The van der Waals surface area contributed by atoms with Gasteiger partial charge in [-0.15, -0.1) is 0 Å². The van der Waals surface area contributed by atoms with Crippen molar-refractivity contribution in [1.82, 2.24) is 25.3 Å². The smallest absolute Gasteiger partial charge is 0.191 e. The molecule has 0 bridgehead atoms. The maximum Gasteiger partial charge on any atom is 0.191 e. The van der Waals surface area contributed by atoms with E-state index < -0.39 is 0 Å². The second-order valence-electron chi connectivity index (χ2n) is 8.44. The first-order chi connectivity index (χ1) is 15.1. The molecule has 1 fully saturated rings. The minimum atomic E-state index is 0.460. The SMILES string of the molecule is CCNC(=NCc1c(CC)nn(C)c1CC)NC1CCN(C(C)c2ccccc2)CC1. The minimum Gasteiger partial charge on any atom is -0.357 e. The first-order valence-electron chi connectivity index (χ1n) is 11.9. The van der Waals surface area contributed by atoms with Gasteiger partial charge >= 0.3 is 0 Å². The monoisotopic (exact) mass is 424 g/mol. The van der Waals surface area contributed by atoms with Gasteiger partial charge in [0.05, 0.1) is 12.2 Å². The van der Waals surface area contributed by atoms with Gasteiger partial charge in [-0.1, -0.05) is 44.2 Å². The minimum absolute atomic E-state index is 0.460. The molecular weight excluding hydrogens is 384 g/mol. The Kier molecular flexibility index (Phi) is 8.52. The number of nitrogens with one attached hydrogen (secondary N) is 2. The molecule has 1 atom stereocenters. The van der Waals surface area contributed by atoms with E-state index in [4.69, 9.17) is 10.1 Å². The van der Waals surface area contributed by atoms with Crippen LogP contribution in [0.2, 0.25) is 0 Å². The third-order valence-electron chi connectivity index (χ3n) is 6.47. The second-order valence-corrected chi connectivity index (χ2v) is 8.44. The van der Waals surface area contributed by atoms with Crippen LogP contribution in [0.3, 0.4) is 0 Å². The fourth-order valence-corrected chi connectivity index (χ4v) is 4.62. The Morgan fingerprint density at radius 2 is 1.84 bits per heavy atom. The van der Waals surface area contributed by atoms with Gasteiger partial charge in [-0.05, 0) is 45.1 Å². The lowest BCUT2D eigenvalue weighted by Gasteiger charge is -2.37. The zero-order valence-electron chi connectivity index (χ0n) is 20.0. The lowest BCUT2D eigenvalue weighted by Crippen LogP contribution is -2.49. The van der Waals surface area contributed by atoms with E-state index in [0.717, 1.165) is 51.3 Å².